The fourth-order valence-electron chi connectivity index (χ4n) is 0. The zero-order valence-corrected chi connectivity index (χ0v) is 9.45. The molecule has 1 aliphatic rings. The molecule has 1 saturated carbocycles. The Labute approximate surface area is 78.9 Å². The van der Waals surface area contributed by atoms with Crippen molar-refractivity contribution in [3.8, 4) is 0 Å². The van der Waals surface area contributed by atoms with Gasteiger partial charge in [0.1, 0.15) is 0 Å². The van der Waals surface area contributed by atoms with Crippen LogP contribution in [0, 0.1) is 0 Å². The number of hydrogen-bond donors (Lipinski definition) is 0. The van der Waals surface area contributed by atoms with Gasteiger partial charge in [-0.1, -0.05) is 72.6 Å². The molecule has 0 aromatic carbocycles. The summed E-state index contributed by atoms with van der Waals surface area (Å²) in [6, 6.07) is 0. The van der Waals surface area contributed by atoms with Crippen molar-refractivity contribution < 1.29 is 5.48 Å². The van der Waals surface area contributed by atoms with E-state index < -0.39 is 0 Å². The Morgan fingerprint density at radius 3 is 0.750 bits per heavy atom. The molecule has 0 bridgehead atoms. The van der Waals surface area contributed by atoms with Crippen molar-refractivity contribution in [2.24, 2.45) is 0 Å². The fourth-order valence-corrected chi connectivity index (χ4v) is 0. The van der Waals surface area contributed by atoms with Crippen molar-refractivity contribution in [1.29, 1.82) is 0 Å². The Morgan fingerprint density at radius 2 is 0.750 bits per heavy atom. The van der Waals surface area contributed by atoms with Crippen LogP contribution >= 0.6 is 0 Å². The molecule has 0 aromatic rings. The van der Waals surface area contributed by atoms with Gasteiger partial charge in [-0.2, -0.15) is 0 Å². The molecule has 2 N–H and O–H groups in total. The minimum Gasteiger partial charge on any atom is -0.412 e. The first-order valence-electron chi connectivity index (χ1n) is 5.33. The van der Waals surface area contributed by atoms with E-state index in [1.165, 1.54) is 44.9 Å². The molecule has 0 saturated heterocycles. The van der Waals surface area contributed by atoms with Crippen molar-refractivity contribution in [3.63, 3.8) is 0 Å². The van der Waals surface area contributed by atoms with Gasteiger partial charge in [-0.15, -0.1) is 0 Å². The number of hydrogen-bond acceptors (Lipinski definition) is 0. The zero-order valence-electron chi connectivity index (χ0n) is 9.45. The summed E-state index contributed by atoms with van der Waals surface area (Å²) < 4.78 is 0. The van der Waals surface area contributed by atoms with Gasteiger partial charge in [-0.05, 0) is 0 Å². The highest BCUT2D eigenvalue weighted by Gasteiger charge is 1.95. The molecule has 1 rings (SSSR count). The van der Waals surface area contributed by atoms with Crippen LogP contribution in [0.15, 0.2) is 0 Å². The van der Waals surface area contributed by atoms with Gasteiger partial charge in [0.2, 0.25) is 0 Å². The van der Waals surface area contributed by atoms with Gasteiger partial charge in [0.05, 0.1) is 0 Å². The molecule has 0 heterocycles. The summed E-state index contributed by atoms with van der Waals surface area (Å²) in [5.41, 5.74) is 0. The minimum atomic E-state index is 0. The summed E-state index contributed by atoms with van der Waals surface area (Å²) in [6.07, 6.45) is 9.78. The van der Waals surface area contributed by atoms with Crippen LogP contribution in [0.4, 0.5) is 0 Å². The van der Waals surface area contributed by atoms with Crippen LogP contribution in [-0.4, -0.2) is 5.48 Å². The molecule has 0 aromatic heterocycles. The highest BCUT2D eigenvalue weighted by molar-refractivity contribution is 4.50. The molecule has 0 unspecified atom stereocenters. The minimum absolute atomic E-state index is 0. The first kappa shape index (κ1) is 17.9. The van der Waals surface area contributed by atoms with E-state index in [-0.39, 0.29) is 5.48 Å². The van der Waals surface area contributed by atoms with Gasteiger partial charge in [-0.3, -0.25) is 0 Å². The van der Waals surface area contributed by atoms with E-state index in [4.69, 9.17) is 0 Å². The van der Waals surface area contributed by atoms with Gasteiger partial charge in [-0.25, -0.2) is 0 Å². The first-order chi connectivity index (χ1) is 5.33. The summed E-state index contributed by atoms with van der Waals surface area (Å²) in [5, 5.41) is 0. The lowest BCUT2D eigenvalue weighted by atomic mass is 10.4. The topological polar surface area (TPSA) is 31.5 Å². The van der Waals surface area contributed by atoms with Gasteiger partial charge in [0.15, 0.2) is 0 Å². The summed E-state index contributed by atoms with van der Waals surface area (Å²) in [6.45, 7) is 8.72. The van der Waals surface area contributed by atoms with E-state index in [0.29, 0.717) is 0 Å². The summed E-state index contributed by atoms with van der Waals surface area (Å²) in [5.74, 6) is 0. The maximum absolute atomic E-state index is 2.18. The van der Waals surface area contributed by atoms with Crippen LogP contribution in [0.2, 0.25) is 0 Å². The molecule has 0 aliphatic heterocycles. The summed E-state index contributed by atoms with van der Waals surface area (Å²) >= 11 is 0. The van der Waals surface area contributed by atoms with Crippen molar-refractivity contribution in [2.75, 3.05) is 0 Å². The van der Waals surface area contributed by atoms with Crippen molar-refractivity contribution in [2.45, 2.75) is 72.6 Å². The highest BCUT2D eigenvalue weighted by Crippen LogP contribution is 2.14. The number of unbranched alkanes of at least 4 members (excludes halogenated alkanes) is 2. The lowest BCUT2D eigenvalue weighted by Crippen LogP contribution is -1.47. The molecular weight excluding hydrogens is 148 g/mol. The molecule has 0 radical (unpaired) electrons. The van der Waals surface area contributed by atoms with Crippen LogP contribution < -0.4 is 0 Å². The van der Waals surface area contributed by atoms with Gasteiger partial charge in [0.25, 0.3) is 0 Å². The molecule has 1 aliphatic carbocycles. The van der Waals surface area contributed by atoms with E-state index in [2.05, 4.69) is 27.7 Å². The first-order valence-corrected chi connectivity index (χ1v) is 5.33. The van der Waals surface area contributed by atoms with E-state index >= 15 is 0 Å². The average molecular weight is 176 g/mol. The molecule has 1 heteroatoms. The third-order valence-electron chi connectivity index (χ3n) is 1.35. The largest absolute Gasteiger partial charge is 0.412 e. The van der Waals surface area contributed by atoms with Gasteiger partial charge in [0, 0.05) is 0 Å². The highest BCUT2D eigenvalue weighted by atomic mass is 16.0. The Kier molecular flexibility index (Phi) is 33.5. The smallest absolute Gasteiger partial charge is 0.0533 e. The van der Waals surface area contributed by atoms with E-state index in [0.717, 1.165) is 0 Å². The molecule has 12 heavy (non-hydrogen) atoms. The van der Waals surface area contributed by atoms with Crippen LogP contribution in [0.5, 0.6) is 0 Å². The second-order valence-electron chi connectivity index (χ2n) is 3.06. The quantitative estimate of drug-likeness (QED) is 0.610. The van der Waals surface area contributed by atoms with Crippen LogP contribution in [0.1, 0.15) is 72.6 Å². The Morgan fingerprint density at radius 1 is 0.583 bits per heavy atom. The van der Waals surface area contributed by atoms with Crippen LogP contribution in [-0.2, 0) is 0 Å². The third kappa shape index (κ3) is 91.3. The maximum Gasteiger partial charge on any atom is -0.0533 e. The molecule has 78 valence electrons. The summed E-state index contributed by atoms with van der Waals surface area (Å²) in [4.78, 5) is 0. The van der Waals surface area contributed by atoms with Crippen molar-refractivity contribution in [1.82, 2.24) is 0 Å². The Hall–Kier alpha value is -0.0400. The SMILES string of the molecule is C1CC1.CCCC.CCCC.O. The molecule has 1 fully saturated rings. The van der Waals surface area contributed by atoms with Crippen molar-refractivity contribution in [3.05, 3.63) is 0 Å². The lowest BCUT2D eigenvalue weighted by Gasteiger charge is -1.68. The molecular formula is C11H28O. The molecule has 0 spiro atoms. The lowest BCUT2D eigenvalue weighted by molar-refractivity contribution is 0.824. The molecule has 0 amide bonds. The third-order valence-corrected chi connectivity index (χ3v) is 1.35. The normalized spacial score (nSPS) is 11.0. The molecule has 0 atom stereocenters. The van der Waals surface area contributed by atoms with E-state index in [1.807, 2.05) is 0 Å². The zero-order chi connectivity index (χ0) is 8.95. The molecule has 1 nitrogen and oxygen atoms in total. The Balaban J connectivity index is -0.0000000975. The standard InChI is InChI=1S/2C4H10.C3H6.H2O/c2*1-3-4-2;1-2-3-1;/h2*3-4H2,1-2H3;1-3H2;1H2. The number of rotatable bonds is 2. The van der Waals surface area contributed by atoms with Crippen LogP contribution in [0.25, 0.3) is 0 Å². The van der Waals surface area contributed by atoms with Crippen LogP contribution in [0.3, 0.4) is 0 Å². The monoisotopic (exact) mass is 176 g/mol. The second kappa shape index (κ2) is 22.4. The predicted molar refractivity (Wildman–Crippen MR) is 58.6 cm³/mol. The van der Waals surface area contributed by atoms with E-state index in [9.17, 15) is 0 Å². The van der Waals surface area contributed by atoms with Crippen molar-refractivity contribution >= 4 is 0 Å². The van der Waals surface area contributed by atoms with E-state index in [1.54, 1.807) is 0 Å². The Bertz CT molecular complexity index is 31.5. The predicted octanol–water partition coefficient (Wildman–Crippen LogP) is 3.96. The summed E-state index contributed by atoms with van der Waals surface area (Å²) in [7, 11) is 0. The average Bonchev–Trinajstić information content (AvgIpc) is 2.90. The van der Waals surface area contributed by atoms with Gasteiger partial charge < -0.3 is 5.48 Å². The second-order valence-corrected chi connectivity index (χ2v) is 3.06. The maximum atomic E-state index is 2.18. The van der Waals surface area contributed by atoms with Gasteiger partial charge >= 0.3 is 0 Å². The fraction of sp³-hybridized carbons (Fsp3) is 1.00.